The monoisotopic (exact) mass is 325 g/mol. The van der Waals surface area contributed by atoms with E-state index in [4.69, 9.17) is 0 Å². The third-order valence-electron chi connectivity index (χ3n) is 4.49. The highest BCUT2D eigenvalue weighted by atomic mass is 16.2. The molecule has 0 spiro atoms. The number of nitrogens with zero attached hydrogens (tertiary/aromatic N) is 7. The number of amides is 1. The van der Waals surface area contributed by atoms with Crippen LogP contribution in [-0.4, -0.2) is 61.3 Å². The zero-order valence-electron chi connectivity index (χ0n) is 13.8. The summed E-state index contributed by atoms with van der Waals surface area (Å²) < 4.78 is 3.62. The number of pyridine rings is 1. The van der Waals surface area contributed by atoms with Gasteiger partial charge in [-0.05, 0) is 18.2 Å². The van der Waals surface area contributed by atoms with Crippen LogP contribution in [0.2, 0.25) is 0 Å². The Morgan fingerprint density at radius 2 is 1.88 bits per heavy atom. The van der Waals surface area contributed by atoms with Crippen molar-refractivity contribution in [3.05, 3.63) is 36.3 Å². The zero-order chi connectivity index (χ0) is 16.7. The first-order valence-corrected chi connectivity index (χ1v) is 7.95. The van der Waals surface area contributed by atoms with E-state index in [-0.39, 0.29) is 5.91 Å². The van der Waals surface area contributed by atoms with E-state index in [1.807, 2.05) is 28.6 Å². The molecule has 0 atom stereocenters. The lowest BCUT2D eigenvalue weighted by molar-refractivity contribution is 0.0735. The van der Waals surface area contributed by atoms with Gasteiger partial charge in [-0.25, -0.2) is 9.97 Å². The largest absolute Gasteiger partial charge is 0.339 e. The number of aromatic nitrogens is 5. The van der Waals surface area contributed by atoms with Crippen LogP contribution < -0.4 is 4.90 Å². The highest BCUT2D eigenvalue weighted by molar-refractivity contribution is 5.92. The van der Waals surface area contributed by atoms with Crippen molar-refractivity contribution in [2.24, 2.45) is 14.1 Å². The number of hydrogen-bond acceptors (Lipinski definition) is 5. The van der Waals surface area contributed by atoms with Gasteiger partial charge in [-0.2, -0.15) is 5.10 Å². The molecule has 0 N–H and O–H groups in total. The second kappa shape index (κ2) is 5.63. The predicted molar refractivity (Wildman–Crippen MR) is 89.8 cm³/mol. The number of hydrogen-bond donors (Lipinski definition) is 0. The van der Waals surface area contributed by atoms with Crippen molar-refractivity contribution in [2.45, 2.75) is 0 Å². The molecule has 0 aliphatic carbocycles. The van der Waals surface area contributed by atoms with E-state index >= 15 is 0 Å². The lowest BCUT2D eigenvalue weighted by Crippen LogP contribution is -2.49. The van der Waals surface area contributed by atoms with Gasteiger partial charge in [-0.15, -0.1) is 0 Å². The van der Waals surface area contributed by atoms with Crippen molar-refractivity contribution in [3.63, 3.8) is 0 Å². The Hall–Kier alpha value is -2.90. The first-order valence-electron chi connectivity index (χ1n) is 7.95. The maximum absolute atomic E-state index is 12.5. The van der Waals surface area contributed by atoms with Crippen molar-refractivity contribution in [3.8, 4) is 0 Å². The quantitative estimate of drug-likeness (QED) is 0.692. The lowest BCUT2D eigenvalue weighted by atomic mass is 10.3. The number of imidazole rings is 1. The number of fused-ring (bicyclic) bond motifs is 1. The molecule has 0 radical (unpaired) electrons. The summed E-state index contributed by atoms with van der Waals surface area (Å²) >= 11 is 0. The first-order chi connectivity index (χ1) is 11.6. The van der Waals surface area contributed by atoms with Gasteiger partial charge < -0.3 is 9.80 Å². The van der Waals surface area contributed by atoms with Crippen LogP contribution in [0.1, 0.15) is 10.5 Å². The number of piperazine rings is 1. The van der Waals surface area contributed by atoms with E-state index in [2.05, 4.69) is 20.0 Å². The molecule has 1 fully saturated rings. The molecule has 24 heavy (non-hydrogen) atoms. The highest BCUT2D eigenvalue weighted by Crippen LogP contribution is 2.21. The zero-order valence-corrected chi connectivity index (χ0v) is 13.8. The Bertz CT molecular complexity index is 889. The number of carbonyl (C=O) groups is 1. The molecule has 0 unspecified atom stereocenters. The molecule has 1 aliphatic heterocycles. The van der Waals surface area contributed by atoms with Gasteiger partial charge in [-0.3, -0.25) is 14.0 Å². The summed E-state index contributed by atoms with van der Waals surface area (Å²) in [4.78, 5) is 25.7. The smallest absolute Gasteiger partial charge is 0.272 e. The molecule has 8 heteroatoms. The maximum Gasteiger partial charge on any atom is 0.272 e. The molecule has 4 rings (SSSR count). The summed E-state index contributed by atoms with van der Waals surface area (Å²) in [5.74, 6) is 0.928. The van der Waals surface area contributed by atoms with E-state index in [1.54, 1.807) is 30.2 Å². The predicted octanol–water partition coefficient (Wildman–Crippen LogP) is 0.664. The van der Waals surface area contributed by atoms with Gasteiger partial charge in [0.05, 0.1) is 0 Å². The number of rotatable bonds is 2. The van der Waals surface area contributed by atoms with Crippen molar-refractivity contribution in [1.82, 2.24) is 29.2 Å². The molecule has 124 valence electrons. The van der Waals surface area contributed by atoms with Crippen LogP contribution in [0, 0.1) is 0 Å². The molecular weight excluding hydrogens is 306 g/mol. The van der Waals surface area contributed by atoms with Gasteiger partial charge in [0, 0.05) is 52.7 Å². The van der Waals surface area contributed by atoms with Crippen molar-refractivity contribution < 1.29 is 4.79 Å². The van der Waals surface area contributed by atoms with Crippen LogP contribution >= 0.6 is 0 Å². The molecule has 1 saturated heterocycles. The van der Waals surface area contributed by atoms with E-state index < -0.39 is 0 Å². The summed E-state index contributed by atoms with van der Waals surface area (Å²) in [6.45, 7) is 2.84. The molecule has 0 bridgehead atoms. The second-order valence-electron chi connectivity index (χ2n) is 5.94. The summed E-state index contributed by atoms with van der Waals surface area (Å²) in [7, 11) is 3.76. The second-order valence-corrected chi connectivity index (χ2v) is 5.94. The summed E-state index contributed by atoms with van der Waals surface area (Å²) in [6.07, 6.45) is 3.42. The van der Waals surface area contributed by atoms with Crippen LogP contribution in [-0.2, 0) is 14.1 Å². The van der Waals surface area contributed by atoms with Gasteiger partial charge in [-0.1, -0.05) is 0 Å². The van der Waals surface area contributed by atoms with Crippen molar-refractivity contribution in [1.29, 1.82) is 0 Å². The topological polar surface area (TPSA) is 72.1 Å². The van der Waals surface area contributed by atoms with Crippen LogP contribution in [0.15, 0.2) is 30.6 Å². The van der Waals surface area contributed by atoms with Gasteiger partial charge in [0.1, 0.15) is 11.2 Å². The molecule has 3 aromatic rings. The van der Waals surface area contributed by atoms with Crippen LogP contribution in [0.5, 0.6) is 0 Å². The van der Waals surface area contributed by atoms with Gasteiger partial charge >= 0.3 is 0 Å². The van der Waals surface area contributed by atoms with E-state index in [0.717, 1.165) is 30.2 Å². The fraction of sp³-hybridized carbons (Fsp3) is 0.375. The van der Waals surface area contributed by atoms with Crippen LogP contribution in [0.4, 0.5) is 5.95 Å². The third-order valence-corrected chi connectivity index (χ3v) is 4.49. The Balaban J connectivity index is 1.50. The molecule has 4 heterocycles. The van der Waals surface area contributed by atoms with E-state index in [0.29, 0.717) is 18.8 Å². The average molecular weight is 325 g/mol. The van der Waals surface area contributed by atoms with Crippen LogP contribution in [0.3, 0.4) is 0 Å². The van der Waals surface area contributed by atoms with Gasteiger partial charge in [0.15, 0.2) is 5.65 Å². The SMILES string of the molecule is Cn1nccc1C(=O)N1CCN(c2nc3cccnc3n2C)CC1. The summed E-state index contributed by atoms with van der Waals surface area (Å²) in [5.41, 5.74) is 2.39. The fourth-order valence-corrected chi connectivity index (χ4v) is 3.15. The fourth-order valence-electron chi connectivity index (χ4n) is 3.15. The molecule has 3 aromatic heterocycles. The normalized spacial score (nSPS) is 15.2. The molecule has 8 nitrogen and oxygen atoms in total. The van der Waals surface area contributed by atoms with Crippen molar-refractivity contribution in [2.75, 3.05) is 31.1 Å². The van der Waals surface area contributed by atoms with E-state index in [9.17, 15) is 4.79 Å². The van der Waals surface area contributed by atoms with E-state index in [1.165, 1.54) is 0 Å². The highest BCUT2D eigenvalue weighted by Gasteiger charge is 2.26. The Kier molecular flexibility index (Phi) is 3.44. The van der Waals surface area contributed by atoms with Gasteiger partial charge in [0.2, 0.25) is 5.95 Å². The molecule has 1 aliphatic rings. The minimum Gasteiger partial charge on any atom is -0.339 e. The molecule has 0 saturated carbocycles. The van der Waals surface area contributed by atoms with Crippen molar-refractivity contribution >= 4 is 23.0 Å². The Morgan fingerprint density at radius 3 is 2.54 bits per heavy atom. The number of aryl methyl sites for hydroxylation is 2. The third kappa shape index (κ3) is 2.31. The minimum atomic E-state index is 0.0290. The Labute approximate surface area is 139 Å². The molecular formula is C16H19N7O. The summed E-state index contributed by atoms with van der Waals surface area (Å²) in [5, 5.41) is 4.07. The average Bonchev–Trinajstić information content (AvgIpc) is 3.18. The summed E-state index contributed by atoms with van der Waals surface area (Å²) in [6, 6.07) is 5.61. The van der Waals surface area contributed by atoms with Gasteiger partial charge in [0.25, 0.3) is 5.91 Å². The lowest BCUT2D eigenvalue weighted by Gasteiger charge is -2.35. The number of anilines is 1. The molecule has 1 amide bonds. The Morgan fingerprint density at radius 1 is 1.08 bits per heavy atom. The minimum absolute atomic E-state index is 0.0290. The standard InChI is InChI=1S/C16H19N7O/c1-20-14-12(4-3-6-17-14)19-16(20)23-10-8-22(9-11-23)15(24)13-5-7-18-21(13)2/h3-7H,8-11H2,1-2H3. The number of carbonyl (C=O) groups excluding carboxylic acids is 1. The first kappa shape index (κ1) is 14.7. The van der Waals surface area contributed by atoms with Crippen LogP contribution in [0.25, 0.3) is 11.2 Å². The molecule has 0 aromatic carbocycles. The maximum atomic E-state index is 12.5.